The van der Waals surface area contributed by atoms with Crippen molar-refractivity contribution >= 4 is 11.8 Å². The number of nitrogens with zero attached hydrogens (tertiary/aromatic N) is 4. The molecule has 0 bridgehead atoms. The number of tetrazole rings is 1. The van der Waals surface area contributed by atoms with Gasteiger partial charge >= 0.3 is 0 Å². The summed E-state index contributed by atoms with van der Waals surface area (Å²) in [4.78, 5) is 0.752. The third-order valence-corrected chi connectivity index (χ3v) is 3.63. The molecule has 0 aliphatic rings. The van der Waals surface area contributed by atoms with Gasteiger partial charge in [0.25, 0.3) is 0 Å². The summed E-state index contributed by atoms with van der Waals surface area (Å²) in [5.74, 6) is -0.327. The number of hydrogen-bond donors (Lipinski definition) is 1. The van der Waals surface area contributed by atoms with Crippen LogP contribution in [0.4, 0.5) is 4.39 Å². The minimum atomic E-state index is -0.746. The predicted octanol–water partition coefficient (Wildman–Crippen LogP) is 1.86. The molecule has 0 radical (unpaired) electrons. The molecule has 0 aliphatic heterocycles. The van der Waals surface area contributed by atoms with E-state index in [4.69, 9.17) is 0 Å². The van der Waals surface area contributed by atoms with Crippen LogP contribution < -0.4 is 0 Å². The molecule has 0 unspecified atom stereocenters. The van der Waals surface area contributed by atoms with Gasteiger partial charge < -0.3 is 5.11 Å². The third kappa shape index (κ3) is 2.51. The van der Waals surface area contributed by atoms with Gasteiger partial charge in [0.2, 0.25) is 5.16 Å². The molecule has 7 heteroatoms. The Morgan fingerprint density at radius 2 is 2.17 bits per heavy atom. The van der Waals surface area contributed by atoms with E-state index in [1.807, 2.05) is 0 Å². The van der Waals surface area contributed by atoms with Crippen LogP contribution in [0.5, 0.6) is 0 Å². The van der Waals surface area contributed by atoms with E-state index in [0.717, 1.165) is 4.90 Å². The Labute approximate surface area is 108 Å². The lowest BCUT2D eigenvalue weighted by molar-refractivity contribution is 0.196. The molecule has 1 aromatic carbocycles. The number of aliphatic hydroxyl groups excluding tert-OH is 1. The van der Waals surface area contributed by atoms with Gasteiger partial charge in [0.1, 0.15) is 5.82 Å². The normalized spacial score (nSPS) is 12.7. The van der Waals surface area contributed by atoms with Crippen molar-refractivity contribution in [3.05, 3.63) is 29.1 Å². The summed E-state index contributed by atoms with van der Waals surface area (Å²) in [6, 6.07) is 3.04. The van der Waals surface area contributed by atoms with Gasteiger partial charge in [-0.25, -0.2) is 9.07 Å². The number of hydrogen-bond acceptors (Lipinski definition) is 5. The standard InChI is InChI=1S/C11H13FN4OS/c1-6-4-10(8(7(2)17)5-9(6)12)18-11-13-14-15-16(11)3/h4-5,7,17H,1-3H3/t7-/m0/s1. The van der Waals surface area contributed by atoms with E-state index in [1.54, 1.807) is 27.0 Å². The second kappa shape index (κ2) is 5.03. The zero-order valence-electron chi connectivity index (χ0n) is 10.3. The van der Waals surface area contributed by atoms with Gasteiger partial charge in [-0.05, 0) is 59.3 Å². The van der Waals surface area contributed by atoms with Gasteiger partial charge in [-0.2, -0.15) is 0 Å². The quantitative estimate of drug-likeness (QED) is 0.920. The molecule has 1 heterocycles. The fourth-order valence-electron chi connectivity index (χ4n) is 1.49. The number of aryl methyl sites for hydroxylation is 2. The van der Waals surface area contributed by atoms with E-state index >= 15 is 0 Å². The highest BCUT2D eigenvalue weighted by Crippen LogP contribution is 2.33. The maximum atomic E-state index is 13.5. The Morgan fingerprint density at radius 3 is 2.72 bits per heavy atom. The van der Waals surface area contributed by atoms with Crippen LogP contribution in [0.15, 0.2) is 22.2 Å². The molecule has 0 saturated carbocycles. The molecule has 2 rings (SSSR count). The number of rotatable bonds is 3. The van der Waals surface area contributed by atoms with E-state index in [2.05, 4.69) is 15.5 Å². The van der Waals surface area contributed by atoms with E-state index in [9.17, 15) is 9.50 Å². The van der Waals surface area contributed by atoms with Crippen molar-refractivity contribution in [3.63, 3.8) is 0 Å². The van der Waals surface area contributed by atoms with Crippen molar-refractivity contribution in [2.45, 2.75) is 30.0 Å². The second-order valence-corrected chi connectivity index (χ2v) is 5.01. The van der Waals surface area contributed by atoms with Crippen LogP contribution in [-0.4, -0.2) is 25.3 Å². The summed E-state index contributed by atoms with van der Waals surface area (Å²) < 4.78 is 15.0. The first kappa shape index (κ1) is 13.0. The highest BCUT2D eigenvalue weighted by atomic mass is 32.2. The average Bonchev–Trinajstić information content (AvgIpc) is 2.69. The van der Waals surface area contributed by atoms with Crippen LogP contribution in [0.3, 0.4) is 0 Å². The van der Waals surface area contributed by atoms with Crippen LogP contribution in [0.1, 0.15) is 24.2 Å². The zero-order chi connectivity index (χ0) is 13.3. The fraction of sp³-hybridized carbons (Fsp3) is 0.364. The third-order valence-electron chi connectivity index (χ3n) is 2.52. The molecule has 1 aromatic heterocycles. The summed E-state index contributed by atoms with van der Waals surface area (Å²) in [6.45, 7) is 3.28. The van der Waals surface area contributed by atoms with Crippen molar-refractivity contribution in [3.8, 4) is 0 Å². The van der Waals surface area contributed by atoms with E-state index in [0.29, 0.717) is 16.3 Å². The van der Waals surface area contributed by atoms with Crippen LogP contribution in [0.25, 0.3) is 0 Å². The van der Waals surface area contributed by atoms with E-state index in [-0.39, 0.29) is 5.82 Å². The monoisotopic (exact) mass is 268 g/mol. The molecule has 0 aliphatic carbocycles. The summed E-state index contributed by atoms with van der Waals surface area (Å²) in [7, 11) is 1.72. The largest absolute Gasteiger partial charge is 0.389 e. The van der Waals surface area contributed by atoms with Crippen molar-refractivity contribution in [2.75, 3.05) is 0 Å². The molecule has 0 spiro atoms. The van der Waals surface area contributed by atoms with Crippen LogP contribution >= 0.6 is 11.8 Å². The topological polar surface area (TPSA) is 63.8 Å². The Morgan fingerprint density at radius 1 is 1.44 bits per heavy atom. The number of benzene rings is 1. The highest BCUT2D eigenvalue weighted by Gasteiger charge is 2.15. The SMILES string of the molecule is Cc1cc(Sc2nnnn2C)c([C@H](C)O)cc1F. The number of aliphatic hydroxyl groups is 1. The molecule has 1 N–H and O–H groups in total. The van der Waals surface area contributed by atoms with Gasteiger partial charge in [0.15, 0.2) is 0 Å². The van der Waals surface area contributed by atoms with Crippen molar-refractivity contribution in [2.24, 2.45) is 7.05 Å². The van der Waals surface area contributed by atoms with E-state index < -0.39 is 6.10 Å². The smallest absolute Gasteiger partial charge is 0.213 e. The predicted molar refractivity (Wildman–Crippen MR) is 64.7 cm³/mol. The minimum absolute atomic E-state index is 0.327. The Hall–Kier alpha value is -1.47. The molecule has 2 aromatic rings. The first-order valence-electron chi connectivity index (χ1n) is 5.37. The Bertz CT molecular complexity index is 570. The molecular formula is C11H13FN4OS. The highest BCUT2D eigenvalue weighted by molar-refractivity contribution is 7.99. The van der Waals surface area contributed by atoms with Crippen LogP contribution in [0.2, 0.25) is 0 Å². The summed E-state index contributed by atoms with van der Waals surface area (Å²) in [5, 5.41) is 21.4. The zero-order valence-corrected chi connectivity index (χ0v) is 11.1. The number of aromatic nitrogens is 4. The minimum Gasteiger partial charge on any atom is -0.389 e. The van der Waals surface area contributed by atoms with Crippen molar-refractivity contribution < 1.29 is 9.50 Å². The Balaban J connectivity index is 2.43. The summed E-state index contributed by atoms with van der Waals surface area (Å²) in [5.41, 5.74) is 1.06. The summed E-state index contributed by atoms with van der Waals surface area (Å²) >= 11 is 1.30. The lowest BCUT2D eigenvalue weighted by Crippen LogP contribution is -1.99. The second-order valence-electron chi connectivity index (χ2n) is 4.00. The lowest BCUT2D eigenvalue weighted by atomic mass is 10.1. The summed E-state index contributed by atoms with van der Waals surface area (Å²) in [6.07, 6.45) is -0.746. The van der Waals surface area contributed by atoms with E-state index in [1.165, 1.54) is 22.5 Å². The van der Waals surface area contributed by atoms with Crippen LogP contribution in [0, 0.1) is 12.7 Å². The maximum Gasteiger partial charge on any atom is 0.213 e. The maximum absolute atomic E-state index is 13.5. The van der Waals surface area contributed by atoms with Gasteiger partial charge in [0.05, 0.1) is 6.10 Å². The van der Waals surface area contributed by atoms with Crippen LogP contribution in [-0.2, 0) is 7.05 Å². The van der Waals surface area contributed by atoms with Crippen molar-refractivity contribution in [1.82, 2.24) is 20.2 Å². The molecule has 18 heavy (non-hydrogen) atoms. The molecule has 0 fully saturated rings. The van der Waals surface area contributed by atoms with Crippen molar-refractivity contribution in [1.29, 1.82) is 0 Å². The molecule has 0 saturated heterocycles. The molecule has 1 atom stereocenters. The molecule has 96 valence electrons. The van der Waals surface area contributed by atoms with Gasteiger partial charge in [0, 0.05) is 11.9 Å². The first-order chi connectivity index (χ1) is 8.49. The molecule has 0 amide bonds. The number of halogens is 1. The molecular weight excluding hydrogens is 255 g/mol. The van der Waals surface area contributed by atoms with Gasteiger partial charge in [-0.1, -0.05) is 0 Å². The van der Waals surface area contributed by atoms with Gasteiger partial charge in [-0.15, -0.1) is 5.10 Å². The van der Waals surface area contributed by atoms with Gasteiger partial charge in [-0.3, -0.25) is 0 Å². The average molecular weight is 268 g/mol. The molecule has 5 nitrogen and oxygen atoms in total. The Kier molecular flexibility index (Phi) is 3.63. The fourth-order valence-corrected chi connectivity index (χ4v) is 2.52. The lowest BCUT2D eigenvalue weighted by Gasteiger charge is -2.12. The first-order valence-corrected chi connectivity index (χ1v) is 6.19.